The molecule has 1 aromatic carbocycles. The molecule has 0 saturated carbocycles. The van der Waals surface area contributed by atoms with E-state index >= 15 is 0 Å². The third-order valence-electron chi connectivity index (χ3n) is 2.60. The van der Waals surface area contributed by atoms with Crippen molar-refractivity contribution in [2.45, 2.75) is 40.7 Å². The van der Waals surface area contributed by atoms with Gasteiger partial charge in [0.25, 0.3) is 5.91 Å². The summed E-state index contributed by atoms with van der Waals surface area (Å²) in [5.74, 6) is -0.507. The lowest BCUT2D eigenvalue weighted by molar-refractivity contribution is -0.124. The lowest BCUT2D eigenvalue weighted by Crippen LogP contribution is -2.36. The molecule has 1 N–H and O–H groups in total. The van der Waals surface area contributed by atoms with Crippen LogP contribution in [-0.2, 0) is 4.79 Å². The highest BCUT2D eigenvalue weighted by Gasteiger charge is 2.29. The van der Waals surface area contributed by atoms with E-state index in [1.165, 1.54) is 0 Å². The molecular formula is C15H21ClN2O2. The van der Waals surface area contributed by atoms with E-state index in [2.05, 4.69) is 5.32 Å². The van der Waals surface area contributed by atoms with Gasteiger partial charge in [-0.3, -0.25) is 9.59 Å². The summed E-state index contributed by atoms with van der Waals surface area (Å²) in [5.41, 5.74) is 0.157. The summed E-state index contributed by atoms with van der Waals surface area (Å²) in [6, 6.07) is 6.81. The Morgan fingerprint density at radius 3 is 2.25 bits per heavy atom. The van der Waals surface area contributed by atoms with Gasteiger partial charge < -0.3 is 5.32 Å². The molecule has 110 valence electrons. The number of carbonyl (C=O) groups is 2. The Morgan fingerprint density at radius 1 is 1.20 bits per heavy atom. The number of halogens is 1. The van der Waals surface area contributed by atoms with Crippen LogP contribution in [0.2, 0.25) is 0 Å². The lowest BCUT2D eigenvalue weighted by Gasteiger charge is -2.25. The van der Waals surface area contributed by atoms with Crippen molar-refractivity contribution in [3.63, 3.8) is 0 Å². The Labute approximate surface area is 125 Å². The van der Waals surface area contributed by atoms with Crippen LogP contribution < -0.4 is 9.74 Å². The van der Waals surface area contributed by atoms with Crippen LogP contribution in [0.3, 0.4) is 0 Å². The molecule has 0 saturated heterocycles. The predicted octanol–water partition coefficient (Wildman–Crippen LogP) is 3.36. The van der Waals surface area contributed by atoms with E-state index in [1.807, 2.05) is 13.8 Å². The third-order valence-corrected chi connectivity index (χ3v) is 2.94. The van der Waals surface area contributed by atoms with Crippen LogP contribution in [0.4, 0.5) is 5.69 Å². The van der Waals surface area contributed by atoms with Crippen molar-refractivity contribution in [2.75, 3.05) is 4.42 Å². The molecule has 20 heavy (non-hydrogen) atoms. The van der Waals surface area contributed by atoms with Gasteiger partial charge in [-0.05, 0) is 26.0 Å². The number of rotatable bonds is 3. The Hall–Kier alpha value is -1.55. The fourth-order valence-electron chi connectivity index (χ4n) is 1.58. The highest BCUT2D eigenvalue weighted by atomic mass is 35.5. The Morgan fingerprint density at radius 2 is 1.75 bits per heavy atom. The van der Waals surface area contributed by atoms with Gasteiger partial charge in [0.05, 0.1) is 11.3 Å². The molecule has 1 rings (SSSR count). The van der Waals surface area contributed by atoms with Gasteiger partial charge in [-0.1, -0.05) is 32.9 Å². The summed E-state index contributed by atoms with van der Waals surface area (Å²) < 4.78 is 1.02. The van der Waals surface area contributed by atoms with Crippen molar-refractivity contribution in [3.05, 3.63) is 29.8 Å². The van der Waals surface area contributed by atoms with E-state index in [0.717, 1.165) is 4.42 Å². The Kier molecular flexibility index (Phi) is 5.17. The highest BCUT2D eigenvalue weighted by molar-refractivity contribution is 6.38. The van der Waals surface area contributed by atoms with Crippen molar-refractivity contribution in [3.8, 4) is 0 Å². The van der Waals surface area contributed by atoms with Crippen LogP contribution in [0.15, 0.2) is 24.3 Å². The normalized spacial score (nSPS) is 11.3. The van der Waals surface area contributed by atoms with Crippen molar-refractivity contribution >= 4 is 29.3 Å². The van der Waals surface area contributed by atoms with Gasteiger partial charge in [0, 0.05) is 23.2 Å². The second kappa shape index (κ2) is 6.27. The van der Waals surface area contributed by atoms with Crippen LogP contribution in [0, 0.1) is 5.41 Å². The van der Waals surface area contributed by atoms with Crippen molar-refractivity contribution < 1.29 is 9.59 Å². The maximum atomic E-state index is 12.2. The van der Waals surface area contributed by atoms with Crippen LogP contribution in [0.5, 0.6) is 0 Å². The number of anilines is 1. The first-order valence-corrected chi connectivity index (χ1v) is 6.88. The Bertz CT molecular complexity index is 507. The molecule has 0 bridgehead atoms. The number of nitrogens with one attached hydrogen (secondary N) is 1. The van der Waals surface area contributed by atoms with E-state index in [1.54, 1.807) is 45.0 Å². The summed E-state index contributed by atoms with van der Waals surface area (Å²) in [4.78, 5) is 24.4. The molecule has 0 spiro atoms. The molecule has 1 aromatic rings. The predicted molar refractivity (Wildman–Crippen MR) is 81.8 cm³/mol. The van der Waals surface area contributed by atoms with E-state index in [4.69, 9.17) is 11.8 Å². The maximum absolute atomic E-state index is 12.2. The first-order chi connectivity index (χ1) is 9.14. The van der Waals surface area contributed by atoms with E-state index in [0.29, 0.717) is 11.3 Å². The maximum Gasteiger partial charge on any atom is 0.253 e. The largest absolute Gasteiger partial charge is 0.350 e. The monoisotopic (exact) mass is 296 g/mol. The minimum Gasteiger partial charge on any atom is -0.350 e. The molecular weight excluding hydrogens is 276 g/mol. The number of carbonyl (C=O) groups excluding carboxylic acids is 2. The summed E-state index contributed by atoms with van der Waals surface area (Å²) in [5, 5.41) is 2.80. The summed E-state index contributed by atoms with van der Waals surface area (Å²) in [6.45, 7) is 9.09. The number of nitrogens with zero attached hydrogens (tertiary/aromatic N) is 1. The average Bonchev–Trinajstić information content (AvgIpc) is 2.35. The first kappa shape index (κ1) is 16.5. The molecule has 0 aliphatic carbocycles. The molecule has 0 heterocycles. The zero-order chi connectivity index (χ0) is 15.5. The average molecular weight is 297 g/mol. The lowest BCUT2D eigenvalue weighted by atomic mass is 9.95. The molecule has 0 aliphatic heterocycles. The second-order valence-electron chi connectivity index (χ2n) is 5.98. The van der Waals surface area contributed by atoms with Crippen molar-refractivity contribution in [1.82, 2.24) is 5.32 Å². The smallest absolute Gasteiger partial charge is 0.253 e. The van der Waals surface area contributed by atoms with E-state index in [-0.39, 0.29) is 17.9 Å². The molecule has 0 unspecified atom stereocenters. The van der Waals surface area contributed by atoms with Crippen LogP contribution in [-0.4, -0.2) is 17.9 Å². The molecule has 2 amide bonds. The van der Waals surface area contributed by atoms with Gasteiger partial charge in [0.15, 0.2) is 0 Å². The zero-order valence-electron chi connectivity index (χ0n) is 12.5. The topological polar surface area (TPSA) is 49.4 Å². The van der Waals surface area contributed by atoms with E-state index in [9.17, 15) is 9.59 Å². The summed E-state index contributed by atoms with van der Waals surface area (Å²) >= 11 is 6.13. The number of hydrogen-bond acceptors (Lipinski definition) is 2. The Balaban J connectivity index is 3.13. The van der Waals surface area contributed by atoms with Crippen LogP contribution >= 0.6 is 11.8 Å². The quantitative estimate of drug-likeness (QED) is 0.870. The number of benzene rings is 1. The molecule has 4 nitrogen and oxygen atoms in total. The van der Waals surface area contributed by atoms with Crippen molar-refractivity contribution in [2.24, 2.45) is 5.41 Å². The standard InChI is InChI=1S/C15H21ClN2O2/c1-10(2)17-13(19)11-8-6-7-9-12(11)18(16)14(20)15(3,4)5/h6-10H,1-5H3,(H,17,19). The van der Waals surface area contributed by atoms with Crippen LogP contribution in [0.1, 0.15) is 45.0 Å². The number of para-hydroxylation sites is 1. The fourth-order valence-corrected chi connectivity index (χ4v) is 1.98. The summed E-state index contributed by atoms with van der Waals surface area (Å²) in [6.07, 6.45) is 0. The fraction of sp³-hybridized carbons (Fsp3) is 0.467. The molecule has 5 heteroatoms. The van der Waals surface area contributed by atoms with Gasteiger partial charge >= 0.3 is 0 Å². The SMILES string of the molecule is CC(C)NC(=O)c1ccccc1N(Cl)C(=O)C(C)(C)C. The second-order valence-corrected chi connectivity index (χ2v) is 6.32. The molecule has 0 atom stereocenters. The van der Waals surface area contributed by atoms with Gasteiger partial charge in [0.2, 0.25) is 5.91 Å². The number of hydrogen-bond donors (Lipinski definition) is 1. The minimum absolute atomic E-state index is 0.0117. The van der Waals surface area contributed by atoms with Crippen LogP contribution in [0.25, 0.3) is 0 Å². The van der Waals surface area contributed by atoms with Gasteiger partial charge in [-0.25, -0.2) is 4.42 Å². The van der Waals surface area contributed by atoms with Crippen molar-refractivity contribution in [1.29, 1.82) is 0 Å². The van der Waals surface area contributed by atoms with E-state index < -0.39 is 5.41 Å². The highest BCUT2D eigenvalue weighted by Crippen LogP contribution is 2.28. The third kappa shape index (κ3) is 3.97. The minimum atomic E-state index is -0.622. The summed E-state index contributed by atoms with van der Waals surface area (Å²) in [7, 11) is 0. The molecule has 0 aromatic heterocycles. The van der Waals surface area contributed by atoms with Gasteiger partial charge in [-0.15, -0.1) is 0 Å². The zero-order valence-corrected chi connectivity index (χ0v) is 13.3. The first-order valence-electron chi connectivity index (χ1n) is 6.55. The molecule has 0 radical (unpaired) electrons. The molecule has 0 aliphatic rings. The van der Waals surface area contributed by atoms with Gasteiger partial charge in [-0.2, -0.15) is 0 Å². The van der Waals surface area contributed by atoms with Gasteiger partial charge in [0.1, 0.15) is 0 Å². The molecule has 0 fully saturated rings. The number of amides is 2.